The number of halogens is 2. The zero-order chi connectivity index (χ0) is 23.7. The molecule has 1 saturated carbocycles. The van der Waals surface area contributed by atoms with Crippen LogP contribution >= 0.6 is 11.8 Å². The van der Waals surface area contributed by atoms with E-state index in [-0.39, 0.29) is 31.0 Å². The topological polar surface area (TPSA) is 72.5 Å². The van der Waals surface area contributed by atoms with Gasteiger partial charge in [0.15, 0.2) is 0 Å². The number of carbonyl (C=O) groups excluding carboxylic acids is 1. The van der Waals surface area contributed by atoms with Crippen LogP contribution in [0.15, 0.2) is 23.2 Å². The Hall–Kier alpha value is -1.97. The molecular weight excluding hydrogens is 456 g/mol. The van der Waals surface area contributed by atoms with Gasteiger partial charge in [-0.1, -0.05) is 0 Å². The van der Waals surface area contributed by atoms with E-state index in [1.807, 2.05) is 0 Å². The second kappa shape index (κ2) is 9.95. The number of benzene rings is 1. The quantitative estimate of drug-likeness (QED) is 0.509. The number of anilines is 1. The molecule has 3 N–H and O–H groups in total. The monoisotopic (exact) mass is 489 g/mol. The molecule has 1 aromatic carbocycles. The first-order valence-electron chi connectivity index (χ1n) is 12.3. The van der Waals surface area contributed by atoms with Crippen molar-refractivity contribution in [3.63, 3.8) is 0 Å². The molecule has 3 aliphatic rings. The van der Waals surface area contributed by atoms with Gasteiger partial charge in [0.2, 0.25) is 5.92 Å². The number of aryl methyl sites for hydroxylation is 1. The molecule has 9 heteroatoms. The Morgan fingerprint density at radius 1 is 1.29 bits per heavy atom. The number of hydrogen-bond donors (Lipinski definition) is 3. The van der Waals surface area contributed by atoms with Gasteiger partial charge >= 0.3 is 0 Å². The zero-order valence-electron chi connectivity index (χ0n) is 19.6. The van der Waals surface area contributed by atoms with Crippen LogP contribution < -0.4 is 10.6 Å². The predicted octanol–water partition coefficient (Wildman–Crippen LogP) is 4.19. The van der Waals surface area contributed by atoms with Gasteiger partial charge in [0.1, 0.15) is 11.3 Å². The Bertz CT molecular complexity index is 1060. The molecule has 2 atom stereocenters. The average molecular weight is 490 g/mol. The van der Waals surface area contributed by atoms with E-state index in [0.29, 0.717) is 12.8 Å². The maximum absolute atomic E-state index is 13.6. The summed E-state index contributed by atoms with van der Waals surface area (Å²) in [6.45, 7) is 5.61. The number of aromatic amines is 1. The van der Waals surface area contributed by atoms with Gasteiger partial charge in [-0.05, 0) is 49.9 Å². The summed E-state index contributed by atoms with van der Waals surface area (Å²) < 4.78 is 27.1. The number of fused-ring (bicyclic) bond motifs is 1. The highest BCUT2D eigenvalue weighted by Gasteiger charge is 2.35. The van der Waals surface area contributed by atoms with E-state index < -0.39 is 5.92 Å². The minimum absolute atomic E-state index is 0.0474. The lowest BCUT2D eigenvalue weighted by Crippen LogP contribution is -2.51. The Kier molecular flexibility index (Phi) is 6.95. The summed E-state index contributed by atoms with van der Waals surface area (Å²) in [5.41, 5.74) is 4.17. The molecule has 0 spiro atoms. The van der Waals surface area contributed by atoms with Crippen LogP contribution in [0.4, 0.5) is 14.5 Å². The number of carbonyl (C=O) groups is 1. The van der Waals surface area contributed by atoms with Crippen molar-refractivity contribution >= 4 is 39.7 Å². The van der Waals surface area contributed by atoms with Gasteiger partial charge in [0.25, 0.3) is 0 Å². The third-order valence-electron chi connectivity index (χ3n) is 7.12. The zero-order valence-corrected chi connectivity index (χ0v) is 20.4. The number of nitrogens with one attached hydrogen (secondary N) is 3. The van der Waals surface area contributed by atoms with Gasteiger partial charge in [-0.15, -0.1) is 11.8 Å². The molecule has 0 bridgehead atoms. The summed E-state index contributed by atoms with van der Waals surface area (Å²) in [5, 5.41) is 8.91. The number of alkyl halides is 2. The van der Waals surface area contributed by atoms with Crippen molar-refractivity contribution in [3.8, 4) is 0 Å². The van der Waals surface area contributed by atoms with Crippen LogP contribution in [-0.4, -0.2) is 77.2 Å². The number of piperazine rings is 1. The fourth-order valence-corrected chi connectivity index (χ4v) is 6.29. The summed E-state index contributed by atoms with van der Waals surface area (Å²) in [6, 6.07) is 6.69. The molecule has 0 radical (unpaired) electrons. The van der Waals surface area contributed by atoms with Crippen LogP contribution in [-0.2, 0) is 4.79 Å². The standard InChI is InChI=1S/C25H33F2N5OS/c1-16-10-17-12-22(31-23(17)21(11-16)29-18-2-5-25(26,27)6-3-18)24-30-19(15-34-24)4-8-32-9-7-28-20(13-32)14-33/h10-12,14,18-20,28-29,31H,2-9,13,15H2,1H3/t19-,20?/m0/s1. The maximum Gasteiger partial charge on any atom is 0.248 e. The molecule has 0 amide bonds. The summed E-state index contributed by atoms with van der Waals surface area (Å²) >= 11 is 1.78. The number of H-pyrrole nitrogens is 1. The highest BCUT2D eigenvalue weighted by molar-refractivity contribution is 8.14. The van der Waals surface area contributed by atoms with E-state index in [4.69, 9.17) is 4.99 Å². The minimum Gasteiger partial charge on any atom is -0.381 e. The number of aromatic nitrogens is 1. The van der Waals surface area contributed by atoms with Crippen LogP contribution in [0, 0.1) is 6.92 Å². The SMILES string of the molecule is Cc1cc(NC2CCC(F)(F)CC2)c2[nH]c(C3=N[C@@H](CCN4CCNC(C=O)C4)CS3)cc2c1. The van der Waals surface area contributed by atoms with Crippen LogP contribution in [0.5, 0.6) is 0 Å². The van der Waals surface area contributed by atoms with E-state index in [1.54, 1.807) is 11.8 Å². The Morgan fingerprint density at radius 3 is 2.91 bits per heavy atom. The first-order valence-corrected chi connectivity index (χ1v) is 13.3. The normalized spacial score (nSPS) is 26.0. The average Bonchev–Trinajstić information content (AvgIpc) is 3.46. The minimum atomic E-state index is -2.52. The molecule has 6 nitrogen and oxygen atoms in total. The molecule has 2 aromatic rings. The van der Waals surface area contributed by atoms with Crippen LogP contribution in [0.25, 0.3) is 10.9 Å². The molecule has 2 fully saturated rings. The number of rotatable bonds is 7. The summed E-state index contributed by atoms with van der Waals surface area (Å²) in [4.78, 5) is 22.0. The van der Waals surface area contributed by atoms with Crippen molar-refractivity contribution in [2.24, 2.45) is 4.99 Å². The maximum atomic E-state index is 13.6. The van der Waals surface area contributed by atoms with E-state index in [1.165, 1.54) is 0 Å². The molecule has 1 saturated heterocycles. The number of nitrogens with zero attached hydrogens (tertiary/aromatic N) is 2. The largest absolute Gasteiger partial charge is 0.381 e. The van der Waals surface area contributed by atoms with Gasteiger partial charge in [0, 0.05) is 56.2 Å². The van der Waals surface area contributed by atoms with Crippen molar-refractivity contribution in [3.05, 3.63) is 29.5 Å². The molecule has 1 aromatic heterocycles. The van der Waals surface area contributed by atoms with Crippen molar-refractivity contribution in [1.82, 2.24) is 15.2 Å². The number of aliphatic imine (C=N–C) groups is 1. The highest BCUT2D eigenvalue weighted by Crippen LogP contribution is 2.36. The van der Waals surface area contributed by atoms with Crippen molar-refractivity contribution in [1.29, 1.82) is 0 Å². The van der Waals surface area contributed by atoms with Crippen LogP contribution in [0.1, 0.15) is 43.4 Å². The summed E-state index contributed by atoms with van der Waals surface area (Å²) in [5.74, 6) is -1.55. The Morgan fingerprint density at radius 2 is 2.12 bits per heavy atom. The third kappa shape index (κ3) is 5.47. The summed E-state index contributed by atoms with van der Waals surface area (Å²) in [6.07, 6.45) is 2.86. The number of thioether (sulfide) groups is 1. The van der Waals surface area contributed by atoms with Gasteiger partial charge < -0.3 is 25.3 Å². The lowest BCUT2D eigenvalue weighted by molar-refractivity contribution is -0.110. The molecule has 1 aliphatic carbocycles. The second-order valence-electron chi connectivity index (χ2n) is 9.92. The molecular formula is C25H33F2N5OS. The molecule has 2 aliphatic heterocycles. The highest BCUT2D eigenvalue weighted by atomic mass is 32.2. The molecule has 184 valence electrons. The lowest BCUT2D eigenvalue weighted by Gasteiger charge is -2.31. The van der Waals surface area contributed by atoms with Crippen LogP contribution in [0.3, 0.4) is 0 Å². The van der Waals surface area contributed by atoms with E-state index in [2.05, 4.69) is 45.6 Å². The predicted molar refractivity (Wildman–Crippen MR) is 136 cm³/mol. The smallest absolute Gasteiger partial charge is 0.248 e. The van der Waals surface area contributed by atoms with E-state index in [9.17, 15) is 13.6 Å². The first kappa shape index (κ1) is 23.8. The Labute approximate surface area is 203 Å². The van der Waals surface area contributed by atoms with Gasteiger partial charge in [-0.25, -0.2) is 8.78 Å². The molecule has 3 heterocycles. The van der Waals surface area contributed by atoms with Gasteiger partial charge in [-0.3, -0.25) is 4.99 Å². The fourth-order valence-electron chi connectivity index (χ4n) is 5.21. The lowest BCUT2D eigenvalue weighted by atomic mass is 9.92. The van der Waals surface area contributed by atoms with Gasteiger partial charge in [0.05, 0.1) is 29.0 Å². The molecule has 34 heavy (non-hydrogen) atoms. The Balaban J connectivity index is 1.26. The van der Waals surface area contributed by atoms with Gasteiger partial charge in [-0.2, -0.15) is 0 Å². The van der Waals surface area contributed by atoms with Crippen molar-refractivity contribution < 1.29 is 13.6 Å². The van der Waals surface area contributed by atoms with E-state index in [0.717, 1.165) is 77.5 Å². The van der Waals surface area contributed by atoms with Crippen molar-refractivity contribution in [2.75, 3.05) is 37.2 Å². The number of aldehydes is 1. The van der Waals surface area contributed by atoms with Crippen molar-refractivity contribution in [2.45, 2.75) is 63.1 Å². The summed E-state index contributed by atoms with van der Waals surface area (Å²) in [7, 11) is 0. The van der Waals surface area contributed by atoms with E-state index >= 15 is 0 Å². The third-order valence-corrected chi connectivity index (χ3v) is 8.27. The number of hydrogen-bond acceptors (Lipinski definition) is 6. The van der Waals surface area contributed by atoms with Crippen LogP contribution in [0.2, 0.25) is 0 Å². The first-order chi connectivity index (χ1) is 16.4. The molecule has 5 rings (SSSR count). The second-order valence-corrected chi connectivity index (χ2v) is 10.9. The molecule has 1 unspecified atom stereocenters. The fraction of sp³-hybridized carbons (Fsp3) is 0.600.